The summed E-state index contributed by atoms with van der Waals surface area (Å²) in [6.45, 7) is 5.48. The number of allylic oxidation sites excluding steroid dienone is 3. The maximum absolute atomic E-state index is 13.4. The van der Waals surface area contributed by atoms with Crippen molar-refractivity contribution in [3.05, 3.63) is 52.4 Å². The number of dihydropyridines is 1. The van der Waals surface area contributed by atoms with E-state index in [0.29, 0.717) is 34.5 Å². The van der Waals surface area contributed by atoms with Gasteiger partial charge in [0, 0.05) is 22.9 Å². The van der Waals surface area contributed by atoms with Gasteiger partial charge in [0.05, 0.1) is 19.3 Å². The molecule has 0 saturated heterocycles. The van der Waals surface area contributed by atoms with E-state index in [1.54, 1.807) is 26.0 Å². The molecule has 0 amide bonds. The number of rotatable bonds is 4. The van der Waals surface area contributed by atoms with Gasteiger partial charge in [-0.15, -0.1) is 0 Å². The molecule has 3 rings (SSSR count). The highest BCUT2D eigenvalue weighted by Crippen LogP contribution is 2.45. The van der Waals surface area contributed by atoms with Crippen LogP contribution in [-0.2, 0) is 23.9 Å². The van der Waals surface area contributed by atoms with Gasteiger partial charge in [0.15, 0.2) is 5.78 Å². The number of hydrogen-bond acceptors (Lipinski definition) is 7. The molecule has 7 nitrogen and oxygen atoms in total. The molecule has 1 aromatic carbocycles. The number of ether oxygens (including phenoxy) is 2. The van der Waals surface area contributed by atoms with Crippen LogP contribution >= 0.6 is 0 Å². The maximum Gasteiger partial charge on any atom is 0.336 e. The predicted octanol–water partition coefficient (Wildman–Crippen LogP) is 2.57. The Morgan fingerprint density at radius 3 is 2.66 bits per heavy atom. The topological polar surface area (TPSA) is 102 Å². The Hall–Kier alpha value is -3.09. The van der Waals surface area contributed by atoms with Crippen molar-refractivity contribution in [3.8, 4) is 5.75 Å². The van der Waals surface area contributed by atoms with Crippen molar-refractivity contribution in [2.75, 3.05) is 13.7 Å². The number of aromatic hydroxyl groups is 1. The molecule has 29 heavy (non-hydrogen) atoms. The van der Waals surface area contributed by atoms with Crippen LogP contribution in [0.2, 0.25) is 0 Å². The van der Waals surface area contributed by atoms with Gasteiger partial charge in [-0.3, -0.25) is 9.59 Å². The van der Waals surface area contributed by atoms with Crippen LogP contribution in [0, 0.1) is 11.8 Å². The van der Waals surface area contributed by atoms with Crippen molar-refractivity contribution in [1.82, 2.24) is 5.32 Å². The number of carbonyl (C=O) groups is 3. The summed E-state index contributed by atoms with van der Waals surface area (Å²) in [7, 11) is 1.26. The number of benzene rings is 1. The molecule has 7 heteroatoms. The van der Waals surface area contributed by atoms with Crippen LogP contribution < -0.4 is 5.32 Å². The molecule has 0 saturated carbocycles. The van der Waals surface area contributed by atoms with Crippen LogP contribution in [-0.4, -0.2) is 36.5 Å². The molecule has 1 aromatic rings. The highest BCUT2D eigenvalue weighted by atomic mass is 16.5. The third-order valence-electron chi connectivity index (χ3n) is 5.44. The molecule has 0 radical (unpaired) electrons. The molecule has 0 fully saturated rings. The van der Waals surface area contributed by atoms with E-state index in [-0.39, 0.29) is 24.1 Å². The Morgan fingerprint density at radius 2 is 2.03 bits per heavy atom. The van der Waals surface area contributed by atoms with Gasteiger partial charge in [-0.25, -0.2) is 4.79 Å². The summed E-state index contributed by atoms with van der Waals surface area (Å²) in [4.78, 5) is 38.5. The first kappa shape index (κ1) is 20.6. The SMILES string of the molecule is CCOC(=O)C1=C(C)NC2=C(C(=O)[C@H](C(=O)OC)[C@@H](C)C2)[C@H]1c1cccc(O)c1. The van der Waals surface area contributed by atoms with E-state index in [0.717, 1.165) is 0 Å². The summed E-state index contributed by atoms with van der Waals surface area (Å²) in [5.74, 6) is -3.42. The Balaban J connectivity index is 2.19. The first-order chi connectivity index (χ1) is 13.8. The number of phenols is 1. The van der Waals surface area contributed by atoms with E-state index in [4.69, 9.17) is 9.47 Å². The van der Waals surface area contributed by atoms with Crippen LogP contribution in [0.3, 0.4) is 0 Å². The van der Waals surface area contributed by atoms with Gasteiger partial charge >= 0.3 is 11.9 Å². The molecule has 2 N–H and O–H groups in total. The standard InChI is InChI=1S/C22H25NO6/c1-5-29-22(27)17-12(3)23-15-9-11(2)16(21(26)28-4)20(25)19(15)18(17)13-7-6-8-14(24)10-13/h6-8,10-11,16,18,23-24H,5,9H2,1-4H3/t11-,16+,18-/m0/s1. The summed E-state index contributed by atoms with van der Waals surface area (Å²) in [6, 6.07) is 6.43. The van der Waals surface area contributed by atoms with Gasteiger partial charge in [0.25, 0.3) is 0 Å². The lowest BCUT2D eigenvalue weighted by Crippen LogP contribution is -2.43. The third kappa shape index (κ3) is 3.64. The van der Waals surface area contributed by atoms with Crippen LogP contribution in [0.1, 0.15) is 38.7 Å². The molecule has 1 aliphatic carbocycles. The first-order valence-corrected chi connectivity index (χ1v) is 9.59. The normalized spacial score (nSPS) is 24.0. The molecule has 0 aromatic heterocycles. The van der Waals surface area contributed by atoms with Gasteiger partial charge in [-0.05, 0) is 43.9 Å². The zero-order valence-electron chi connectivity index (χ0n) is 16.9. The van der Waals surface area contributed by atoms with Gasteiger partial charge in [-0.1, -0.05) is 19.1 Å². The van der Waals surface area contributed by atoms with Crippen LogP contribution in [0.4, 0.5) is 0 Å². The molecule has 2 aliphatic rings. The van der Waals surface area contributed by atoms with E-state index in [1.807, 2.05) is 6.92 Å². The van der Waals surface area contributed by atoms with Gasteiger partial charge in [0.2, 0.25) is 0 Å². The smallest absolute Gasteiger partial charge is 0.336 e. The van der Waals surface area contributed by atoms with E-state index < -0.39 is 23.8 Å². The molecular weight excluding hydrogens is 374 g/mol. The number of ketones is 1. The van der Waals surface area contributed by atoms with Crippen LogP contribution in [0.25, 0.3) is 0 Å². The summed E-state index contributed by atoms with van der Waals surface area (Å²) < 4.78 is 10.1. The fourth-order valence-electron chi connectivity index (χ4n) is 4.20. The van der Waals surface area contributed by atoms with E-state index in [2.05, 4.69) is 5.32 Å². The van der Waals surface area contributed by atoms with Gasteiger partial charge < -0.3 is 19.9 Å². The van der Waals surface area contributed by atoms with Crippen molar-refractivity contribution in [1.29, 1.82) is 0 Å². The average molecular weight is 399 g/mol. The largest absolute Gasteiger partial charge is 0.508 e. The van der Waals surface area contributed by atoms with E-state index in [9.17, 15) is 19.5 Å². The lowest BCUT2D eigenvalue weighted by atomic mass is 9.69. The summed E-state index contributed by atoms with van der Waals surface area (Å²) in [5, 5.41) is 13.2. The predicted molar refractivity (Wildman–Crippen MR) is 105 cm³/mol. The van der Waals surface area contributed by atoms with Crippen molar-refractivity contribution in [2.45, 2.75) is 33.1 Å². The third-order valence-corrected chi connectivity index (χ3v) is 5.44. The minimum Gasteiger partial charge on any atom is -0.508 e. The Bertz CT molecular complexity index is 929. The van der Waals surface area contributed by atoms with Gasteiger partial charge in [-0.2, -0.15) is 0 Å². The highest BCUT2D eigenvalue weighted by molar-refractivity contribution is 6.12. The molecule has 1 heterocycles. The number of nitrogens with one attached hydrogen (secondary N) is 1. The first-order valence-electron chi connectivity index (χ1n) is 9.59. The lowest BCUT2D eigenvalue weighted by Gasteiger charge is -2.38. The molecule has 0 spiro atoms. The van der Waals surface area contributed by atoms with E-state index in [1.165, 1.54) is 19.2 Å². The minimum absolute atomic E-state index is 0.0187. The number of esters is 2. The maximum atomic E-state index is 13.4. The number of methoxy groups -OCH3 is 1. The second-order valence-electron chi connectivity index (χ2n) is 7.35. The second-order valence-corrected chi connectivity index (χ2v) is 7.35. The zero-order chi connectivity index (χ0) is 21.3. The number of hydrogen-bond donors (Lipinski definition) is 2. The quantitative estimate of drug-likeness (QED) is 0.593. The molecule has 3 atom stereocenters. The lowest BCUT2D eigenvalue weighted by molar-refractivity contribution is -0.151. The molecule has 1 aliphatic heterocycles. The van der Waals surface area contributed by atoms with Crippen molar-refractivity contribution in [2.24, 2.45) is 11.8 Å². The number of carbonyl (C=O) groups excluding carboxylic acids is 3. The highest BCUT2D eigenvalue weighted by Gasteiger charge is 2.47. The van der Waals surface area contributed by atoms with E-state index >= 15 is 0 Å². The monoisotopic (exact) mass is 399 g/mol. The number of Topliss-reactive ketones (excluding diaryl/α,β-unsaturated/α-hetero) is 1. The number of phenolic OH excluding ortho intramolecular Hbond substituents is 1. The van der Waals surface area contributed by atoms with Crippen molar-refractivity contribution in [3.63, 3.8) is 0 Å². The molecule has 0 bridgehead atoms. The van der Waals surface area contributed by atoms with Crippen LogP contribution in [0.5, 0.6) is 5.75 Å². The van der Waals surface area contributed by atoms with Crippen LogP contribution in [0.15, 0.2) is 46.8 Å². The summed E-state index contributed by atoms with van der Waals surface area (Å²) in [5.41, 5.74) is 2.49. The second kappa shape index (κ2) is 8.11. The fourth-order valence-corrected chi connectivity index (χ4v) is 4.20. The van der Waals surface area contributed by atoms with Crippen molar-refractivity contribution >= 4 is 17.7 Å². The van der Waals surface area contributed by atoms with Gasteiger partial charge in [0.1, 0.15) is 11.7 Å². The summed E-state index contributed by atoms with van der Waals surface area (Å²) >= 11 is 0. The Morgan fingerprint density at radius 1 is 1.31 bits per heavy atom. The summed E-state index contributed by atoms with van der Waals surface area (Å²) in [6.07, 6.45) is 0.462. The molecule has 0 unspecified atom stereocenters. The average Bonchev–Trinajstić information content (AvgIpc) is 2.66. The Labute approximate surface area is 169 Å². The Kier molecular flexibility index (Phi) is 5.77. The fraction of sp³-hybridized carbons (Fsp3) is 0.409. The van der Waals surface area contributed by atoms with Crippen molar-refractivity contribution < 1.29 is 29.0 Å². The zero-order valence-corrected chi connectivity index (χ0v) is 16.9. The molecular formula is C22H25NO6. The molecule has 154 valence electrons. The minimum atomic E-state index is -0.942.